The molecule has 31 heavy (non-hydrogen) atoms. The fourth-order valence-electron chi connectivity index (χ4n) is 3.30. The molecule has 3 aromatic carbocycles. The van der Waals surface area contributed by atoms with E-state index in [2.05, 4.69) is 5.32 Å². The van der Waals surface area contributed by atoms with E-state index in [-0.39, 0.29) is 10.7 Å². The molecule has 0 fully saturated rings. The molecular formula is C23H23ClN2O4S. The fourth-order valence-corrected chi connectivity index (χ4v) is 4.72. The quantitative estimate of drug-likeness (QED) is 0.551. The van der Waals surface area contributed by atoms with Crippen molar-refractivity contribution in [2.75, 3.05) is 23.0 Å². The normalized spacial score (nSPS) is 12.1. The highest BCUT2D eigenvalue weighted by Crippen LogP contribution is 2.32. The number of para-hydroxylation sites is 1. The molecule has 8 heteroatoms. The molecule has 0 radical (unpaired) electrons. The first kappa shape index (κ1) is 22.7. The summed E-state index contributed by atoms with van der Waals surface area (Å²) in [5.74, 6) is -0.0616. The third kappa shape index (κ3) is 5.18. The summed E-state index contributed by atoms with van der Waals surface area (Å²) in [6.07, 6.45) is 1.05. The van der Waals surface area contributed by atoms with Gasteiger partial charge in [0.05, 0.1) is 24.1 Å². The smallest absolute Gasteiger partial charge is 0.248 e. The molecule has 6 nitrogen and oxygen atoms in total. The number of benzene rings is 3. The molecule has 0 aliphatic carbocycles. The number of ether oxygens (including phenoxy) is 1. The fraction of sp³-hybridized carbons (Fsp3) is 0.174. The van der Waals surface area contributed by atoms with Crippen molar-refractivity contribution in [3.8, 4) is 16.9 Å². The molecular weight excluding hydrogens is 436 g/mol. The van der Waals surface area contributed by atoms with Crippen molar-refractivity contribution in [2.45, 2.75) is 13.0 Å². The largest absolute Gasteiger partial charge is 0.495 e. The van der Waals surface area contributed by atoms with E-state index >= 15 is 0 Å². The summed E-state index contributed by atoms with van der Waals surface area (Å²) >= 11 is 6.18. The minimum Gasteiger partial charge on any atom is -0.495 e. The molecule has 1 amide bonds. The Kier molecular flexibility index (Phi) is 6.87. The second-order valence-corrected chi connectivity index (χ2v) is 9.22. The van der Waals surface area contributed by atoms with Crippen molar-refractivity contribution in [1.29, 1.82) is 0 Å². The van der Waals surface area contributed by atoms with Crippen molar-refractivity contribution in [2.24, 2.45) is 0 Å². The number of carbonyl (C=O) groups is 1. The molecule has 0 aliphatic rings. The highest BCUT2D eigenvalue weighted by molar-refractivity contribution is 7.92. The van der Waals surface area contributed by atoms with Gasteiger partial charge >= 0.3 is 0 Å². The van der Waals surface area contributed by atoms with Crippen molar-refractivity contribution in [1.82, 2.24) is 0 Å². The first-order valence-corrected chi connectivity index (χ1v) is 11.7. The number of rotatable bonds is 7. The molecule has 0 bridgehead atoms. The summed E-state index contributed by atoms with van der Waals surface area (Å²) < 4.78 is 31.3. The summed E-state index contributed by atoms with van der Waals surface area (Å²) in [6, 6.07) is 20.5. The van der Waals surface area contributed by atoms with Crippen LogP contribution in [0.15, 0.2) is 72.8 Å². The standard InChI is InChI=1S/C23H23ClN2O4S/c1-16(26(31(3,28)29)18-13-14-22(30-2)20(24)15-18)23(27)25-21-12-8-7-11-19(21)17-9-5-4-6-10-17/h4-16H,1-3H3,(H,25,27)/t16-/m1/s1. The Morgan fingerprint density at radius 2 is 1.68 bits per heavy atom. The van der Waals surface area contributed by atoms with Crippen LogP contribution in [-0.2, 0) is 14.8 Å². The van der Waals surface area contributed by atoms with Crippen LogP contribution in [0.5, 0.6) is 5.75 Å². The lowest BCUT2D eigenvalue weighted by molar-refractivity contribution is -0.116. The molecule has 1 N–H and O–H groups in total. The van der Waals surface area contributed by atoms with Gasteiger partial charge in [0.25, 0.3) is 0 Å². The van der Waals surface area contributed by atoms with Crippen LogP contribution >= 0.6 is 11.6 Å². The molecule has 0 saturated carbocycles. The third-order valence-electron chi connectivity index (χ3n) is 4.75. The average Bonchev–Trinajstić information content (AvgIpc) is 2.74. The van der Waals surface area contributed by atoms with Crippen molar-refractivity contribution < 1.29 is 17.9 Å². The van der Waals surface area contributed by atoms with Crippen molar-refractivity contribution in [3.63, 3.8) is 0 Å². The SMILES string of the molecule is COc1ccc(N([C@H](C)C(=O)Nc2ccccc2-c2ccccc2)S(C)(=O)=O)cc1Cl. The van der Waals surface area contributed by atoms with E-state index in [1.807, 2.05) is 48.5 Å². The minimum absolute atomic E-state index is 0.246. The van der Waals surface area contributed by atoms with Crippen LogP contribution < -0.4 is 14.4 Å². The number of halogens is 1. The summed E-state index contributed by atoms with van der Waals surface area (Å²) in [5, 5.41) is 3.11. The number of anilines is 2. The Labute approximate surface area is 187 Å². The maximum atomic E-state index is 13.1. The second-order valence-electron chi connectivity index (χ2n) is 6.95. The molecule has 162 valence electrons. The predicted molar refractivity (Wildman–Crippen MR) is 125 cm³/mol. The van der Waals surface area contributed by atoms with Crippen LogP contribution in [0, 0.1) is 0 Å². The van der Waals surface area contributed by atoms with Crippen LogP contribution in [0.3, 0.4) is 0 Å². The Bertz CT molecular complexity index is 1180. The van der Waals surface area contributed by atoms with Gasteiger partial charge in [0.1, 0.15) is 11.8 Å². The van der Waals surface area contributed by atoms with Gasteiger partial charge in [-0.1, -0.05) is 60.1 Å². The molecule has 1 atom stereocenters. The van der Waals surface area contributed by atoms with E-state index in [1.165, 1.54) is 20.1 Å². The lowest BCUT2D eigenvalue weighted by Crippen LogP contribution is -2.45. The van der Waals surface area contributed by atoms with Crippen molar-refractivity contribution in [3.05, 3.63) is 77.8 Å². The minimum atomic E-state index is -3.78. The van der Waals surface area contributed by atoms with Crippen molar-refractivity contribution >= 4 is 38.9 Å². The third-order valence-corrected chi connectivity index (χ3v) is 6.29. The van der Waals surface area contributed by atoms with Gasteiger partial charge in [-0.2, -0.15) is 0 Å². The maximum absolute atomic E-state index is 13.1. The molecule has 0 aliphatic heterocycles. The molecule has 0 aromatic heterocycles. The number of sulfonamides is 1. The monoisotopic (exact) mass is 458 g/mol. The lowest BCUT2D eigenvalue weighted by Gasteiger charge is -2.28. The molecule has 0 spiro atoms. The molecule has 0 heterocycles. The van der Waals surface area contributed by atoms with Crippen LogP contribution in [0.2, 0.25) is 5.02 Å². The summed E-state index contributed by atoms with van der Waals surface area (Å²) in [5.41, 5.74) is 2.63. The van der Waals surface area contributed by atoms with Gasteiger partial charge in [-0.3, -0.25) is 9.10 Å². The van der Waals surface area contributed by atoms with Gasteiger partial charge in [0, 0.05) is 11.3 Å². The van der Waals surface area contributed by atoms with E-state index in [4.69, 9.17) is 16.3 Å². The van der Waals surface area contributed by atoms with E-state index in [1.54, 1.807) is 18.2 Å². The Morgan fingerprint density at radius 3 is 2.29 bits per heavy atom. The highest BCUT2D eigenvalue weighted by Gasteiger charge is 2.30. The van der Waals surface area contributed by atoms with E-state index < -0.39 is 22.0 Å². The lowest BCUT2D eigenvalue weighted by atomic mass is 10.0. The van der Waals surface area contributed by atoms with E-state index in [0.29, 0.717) is 11.4 Å². The topological polar surface area (TPSA) is 75.7 Å². The summed E-state index contributed by atoms with van der Waals surface area (Å²) in [6.45, 7) is 1.53. The highest BCUT2D eigenvalue weighted by atomic mass is 35.5. The first-order chi connectivity index (χ1) is 14.7. The number of amides is 1. The van der Waals surface area contributed by atoms with Gasteiger partial charge in [-0.05, 0) is 36.8 Å². The predicted octanol–water partition coefficient (Wildman–Crippen LogP) is 4.81. The molecule has 3 aromatic rings. The number of nitrogens with one attached hydrogen (secondary N) is 1. The van der Waals surface area contributed by atoms with Crippen LogP contribution in [-0.4, -0.2) is 33.7 Å². The summed E-state index contributed by atoms with van der Waals surface area (Å²) in [4.78, 5) is 13.1. The Balaban J connectivity index is 1.93. The Hall–Kier alpha value is -3.03. The number of methoxy groups -OCH3 is 1. The average molecular weight is 459 g/mol. The van der Waals surface area contributed by atoms with Crippen LogP contribution in [0.1, 0.15) is 6.92 Å². The Morgan fingerprint density at radius 1 is 1.03 bits per heavy atom. The van der Waals surface area contributed by atoms with Gasteiger partial charge in [-0.25, -0.2) is 8.42 Å². The van der Waals surface area contributed by atoms with Crippen LogP contribution in [0.25, 0.3) is 11.1 Å². The number of nitrogens with zero attached hydrogens (tertiary/aromatic N) is 1. The second kappa shape index (κ2) is 9.41. The number of hydrogen-bond donors (Lipinski definition) is 1. The van der Waals surface area contributed by atoms with Gasteiger partial charge < -0.3 is 10.1 Å². The number of carbonyl (C=O) groups excluding carboxylic acids is 1. The zero-order chi connectivity index (χ0) is 22.6. The van der Waals surface area contributed by atoms with E-state index in [9.17, 15) is 13.2 Å². The van der Waals surface area contributed by atoms with Gasteiger partial charge in [0.15, 0.2) is 0 Å². The zero-order valence-electron chi connectivity index (χ0n) is 17.4. The van der Waals surface area contributed by atoms with Gasteiger partial charge in [-0.15, -0.1) is 0 Å². The first-order valence-electron chi connectivity index (χ1n) is 9.50. The zero-order valence-corrected chi connectivity index (χ0v) is 18.9. The molecule has 0 saturated heterocycles. The summed E-state index contributed by atoms with van der Waals surface area (Å²) in [7, 11) is -2.31. The maximum Gasteiger partial charge on any atom is 0.248 e. The number of hydrogen-bond acceptors (Lipinski definition) is 4. The molecule has 0 unspecified atom stereocenters. The molecule has 3 rings (SSSR count). The van der Waals surface area contributed by atoms with Crippen LogP contribution in [0.4, 0.5) is 11.4 Å². The van der Waals surface area contributed by atoms with Gasteiger partial charge in [0.2, 0.25) is 15.9 Å². The van der Waals surface area contributed by atoms with E-state index in [0.717, 1.165) is 21.7 Å².